The Morgan fingerprint density at radius 1 is 0.955 bits per heavy atom. The highest BCUT2D eigenvalue weighted by Gasteiger charge is 2.29. The van der Waals surface area contributed by atoms with Gasteiger partial charge in [0.25, 0.3) is 0 Å². The first-order valence-corrected chi connectivity index (χ1v) is 7.56. The molecule has 1 aliphatic rings. The third kappa shape index (κ3) is 3.12. The summed E-state index contributed by atoms with van der Waals surface area (Å²) in [6, 6.07) is 13.0. The average Bonchev–Trinajstić information content (AvgIpc) is 2.56. The molecule has 0 bridgehead atoms. The van der Waals surface area contributed by atoms with Gasteiger partial charge < -0.3 is 10.0 Å². The minimum absolute atomic E-state index is 0.0666. The number of nitrogens with zero attached hydrogens (tertiary/aromatic N) is 1. The average molecular weight is 303 g/mol. The van der Waals surface area contributed by atoms with Gasteiger partial charge in [0, 0.05) is 18.8 Å². The molecule has 1 aliphatic heterocycles. The van der Waals surface area contributed by atoms with Gasteiger partial charge in [0.15, 0.2) is 0 Å². The van der Waals surface area contributed by atoms with Gasteiger partial charge in [0.1, 0.15) is 11.6 Å². The van der Waals surface area contributed by atoms with E-state index in [4.69, 9.17) is 0 Å². The highest BCUT2D eigenvalue weighted by Crippen LogP contribution is 2.37. The Balaban J connectivity index is 1.92. The quantitative estimate of drug-likeness (QED) is 0.929. The van der Waals surface area contributed by atoms with Crippen molar-refractivity contribution in [3.05, 3.63) is 65.7 Å². The maximum atomic E-state index is 13.2. The van der Waals surface area contributed by atoms with E-state index in [0.717, 1.165) is 30.6 Å². The van der Waals surface area contributed by atoms with Gasteiger partial charge in [-0.1, -0.05) is 12.1 Å². The zero-order chi connectivity index (χ0) is 15.5. The van der Waals surface area contributed by atoms with Crippen molar-refractivity contribution < 1.29 is 13.9 Å². The molecule has 1 fully saturated rings. The van der Waals surface area contributed by atoms with Crippen LogP contribution in [0.15, 0.2) is 48.5 Å². The van der Waals surface area contributed by atoms with Gasteiger partial charge in [-0.3, -0.25) is 0 Å². The van der Waals surface area contributed by atoms with Gasteiger partial charge in [0.05, 0.1) is 6.04 Å². The van der Waals surface area contributed by atoms with Crippen molar-refractivity contribution in [1.82, 2.24) is 0 Å². The first-order chi connectivity index (χ1) is 10.7. The number of anilines is 1. The summed E-state index contributed by atoms with van der Waals surface area (Å²) in [6.45, 7) is 0.952. The van der Waals surface area contributed by atoms with Crippen molar-refractivity contribution in [3.8, 4) is 0 Å². The Hall–Kier alpha value is -1.94. The maximum Gasteiger partial charge on any atom is 0.123 e. The molecule has 22 heavy (non-hydrogen) atoms. The van der Waals surface area contributed by atoms with Gasteiger partial charge in [-0.25, -0.2) is 8.78 Å². The zero-order valence-corrected chi connectivity index (χ0v) is 12.3. The number of piperidine rings is 1. The molecule has 4 heteroatoms. The van der Waals surface area contributed by atoms with Crippen LogP contribution in [0, 0.1) is 17.6 Å². The Kier molecular flexibility index (Phi) is 4.39. The molecule has 0 aromatic heterocycles. The number of hydrogen-bond acceptors (Lipinski definition) is 2. The molecule has 0 spiro atoms. The molecule has 2 unspecified atom stereocenters. The molecule has 0 radical (unpaired) electrons. The molecule has 0 aliphatic carbocycles. The number of aliphatic hydroxyl groups excluding tert-OH is 1. The first-order valence-electron chi connectivity index (χ1n) is 7.56. The lowest BCUT2D eigenvalue weighted by molar-refractivity contribution is 0.188. The third-order valence-electron chi connectivity index (χ3n) is 4.38. The number of rotatable bonds is 3. The fourth-order valence-corrected chi connectivity index (χ4v) is 3.15. The third-order valence-corrected chi connectivity index (χ3v) is 4.38. The molecule has 1 saturated heterocycles. The molecule has 1 N–H and O–H groups in total. The van der Waals surface area contributed by atoms with Crippen LogP contribution in [-0.2, 0) is 0 Å². The summed E-state index contributed by atoms with van der Waals surface area (Å²) < 4.78 is 26.3. The molecular formula is C18H19F2NO. The minimum Gasteiger partial charge on any atom is -0.396 e. The predicted molar refractivity (Wildman–Crippen MR) is 82.7 cm³/mol. The molecule has 2 nitrogen and oxygen atoms in total. The van der Waals surface area contributed by atoms with Crippen LogP contribution in [-0.4, -0.2) is 18.3 Å². The van der Waals surface area contributed by atoms with Crippen molar-refractivity contribution in [1.29, 1.82) is 0 Å². The highest BCUT2D eigenvalue weighted by atomic mass is 19.1. The molecule has 2 aromatic carbocycles. The van der Waals surface area contributed by atoms with Gasteiger partial charge in [-0.05, 0) is 60.7 Å². The molecule has 0 saturated carbocycles. The van der Waals surface area contributed by atoms with Gasteiger partial charge in [-0.2, -0.15) is 0 Å². The number of halogens is 2. The van der Waals surface area contributed by atoms with E-state index in [2.05, 4.69) is 4.90 Å². The Morgan fingerprint density at radius 3 is 2.14 bits per heavy atom. The van der Waals surface area contributed by atoms with Crippen LogP contribution in [0.5, 0.6) is 0 Å². The van der Waals surface area contributed by atoms with Crippen LogP contribution in [0.4, 0.5) is 14.5 Å². The number of benzene rings is 2. The Morgan fingerprint density at radius 2 is 1.55 bits per heavy atom. The second kappa shape index (κ2) is 6.44. The predicted octanol–water partition coefficient (Wildman–Crippen LogP) is 3.91. The van der Waals surface area contributed by atoms with Crippen LogP contribution < -0.4 is 4.90 Å². The lowest BCUT2D eigenvalue weighted by Crippen LogP contribution is -2.37. The van der Waals surface area contributed by atoms with Crippen LogP contribution in [0.25, 0.3) is 0 Å². The standard InChI is InChI=1S/C18H19F2NO/c19-15-3-1-14(2-4-15)18-11-13(12-22)9-10-21(18)17-7-5-16(20)6-8-17/h1-8,13,18,22H,9-12H2. The topological polar surface area (TPSA) is 23.5 Å². The Labute approximate surface area is 129 Å². The van der Waals surface area contributed by atoms with Gasteiger partial charge >= 0.3 is 0 Å². The summed E-state index contributed by atoms with van der Waals surface area (Å²) in [6.07, 6.45) is 1.70. The molecule has 1 heterocycles. The van der Waals surface area contributed by atoms with Crippen molar-refractivity contribution in [3.63, 3.8) is 0 Å². The summed E-state index contributed by atoms with van der Waals surface area (Å²) in [4.78, 5) is 2.21. The van der Waals surface area contributed by atoms with Crippen LogP contribution >= 0.6 is 0 Å². The summed E-state index contributed by atoms with van der Waals surface area (Å²) in [7, 11) is 0. The number of aliphatic hydroxyl groups is 1. The fraction of sp³-hybridized carbons (Fsp3) is 0.333. The van der Waals surface area contributed by atoms with Crippen LogP contribution in [0.1, 0.15) is 24.4 Å². The fourth-order valence-electron chi connectivity index (χ4n) is 3.15. The van der Waals surface area contributed by atoms with E-state index < -0.39 is 0 Å². The maximum absolute atomic E-state index is 13.2. The highest BCUT2D eigenvalue weighted by molar-refractivity contribution is 5.49. The Bertz CT molecular complexity index is 612. The molecule has 2 atom stereocenters. The van der Waals surface area contributed by atoms with Gasteiger partial charge in [0.2, 0.25) is 0 Å². The van der Waals surface area contributed by atoms with E-state index in [1.165, 1.54) is 24.3 Å². The lowest BCUT2D eigenvalue weighted by Gasteiger charge is -2.41. The van der Waals surface area contributed by atoms with E-state index in [1.54, 1.807) is 24.3 Å². The van der Waals surface area contributed by atoms with Crippen molar-refractivity contribution >= 4 is 5.69 Å². The summed E-state index contributed by atoms with van der Waals surface area (Å²) in [5.74, 6) is -0.273. The van der Waals surface area contributed by atoms with Gasteiger partial charge in [-0.15, -0.1) is 0 Å². The SMILES string of the molecule is OCC1CCN(c2ccc(F)cc2)C(c2ccc(F)cc2)C1. The first kappa shape index (κ1) is 15.0. The van der Waals surface area contributed by atoms with E-state index in [0.29, 0.717) is 0 Å². The number of hydrogen-bond donors (Lipinski definition) is 1. The molecule has 2 aromatic rings. The van der Waals surface area contributed by atoms with E-state index in [1.807, 2.05) is 0 Å². The van der Waals surface area contributed by atoms with Crippen molar-refractivity contribution in [2.45, 2.75) is 18.9 Å². The normalized spacial score (nSPS) is 21.9. The summed E-state index contributed by atoms with van der Waals surface area (Å²) in [5, 5.41) is 9.46. The summed E-state index contributed by atoms with van der Waals surface area (Å²) >= 11 is 0. The molecular weight excluding hydrogens is 284 g/mol. The molecule has 116 valence electrons. The van der Waals surface area contributed by atoms with Crippen LogP contribution in [0.3, 0.4) is 0 Å². The molecule has 3 rings (SSSR count). The van der Waals surface area contributed by atoms with Crippen LogP contribution in [0.2, 0.25) is 0 Å². The van der Waals surface area contributed by atoms with Crippen molar-refractivity contribution in [2.24, 2.45) is 5.92 Å². The second-order valence-electron chi connectivity index (χ2n) is 5.81. The lowest BCUT2D eigenvalue weighted by atomic mass is 9.87. The monoisotopic (exact) mass is 303 g/mol. The second-order valence-corrected chi connectivity index (χ2v) is 5.81. The zero-order valence-electron chi connectivity index (χ0n) is 12.3. The minimum atomic E-state index is -0.258. The largest absolute Gasteiger partial charge is 0.396 e. The molecule has 0 amide bonds. The van der Waals surface area contributed by atoms with E-state index in [-0.39, 0.29) is 30.2 Å². The summed E-state index contributed by atoms with van der Waals surface area (Å²) in [5.41, 5.74) is 1.97. The van der Waals surface area contributed by atoms with E-state index >= 15 is 0 Å². The van der Waals surface area contributed by atoms with Crippen molar-refractivity contribution in [2.75, 3.05) is 18.1 Å². The van der Waals surface area contributed by atoms with E-state index in [9.17, 15) is 13.9 Å². The smallest absolute Gasteiger partial charge is 0.123 e.